The summed E-state index contributed by atoms with van der Waals surface area (Å²) in [6.45, 7) is 0. The molecule has 0 radical (unpaired) electrons. The van der Waals surface area contributed by atoms with Crippen molar-refractivity contribution in [1.82, 2.24) is 25.1 Å². The van der Waals surface area contributed by atoms with Crippen LogP contribution in [0.3, 0.4) is 0 Å². The van der Waals surface area contributed by atoms with E-state index in [0.29, 0.717) is 33.8 Å². The number of para-hydroxylation sites is 1. The molecular formula is C21H17ClN6O. The number of nitrogens with zero attached hydrogens (tertiary/aromatic N) is 4. The highest BCUT2D eigenvalue weighted by molar-refractivity contribution is 6.33. The third-order valence-corrected chi connectivity index (χ3v) is 5.09. The van der Waals surface area contributed by atoms with Gasteiger partial charge in [0.1, 0.15) is 12.1 Å². The summed E-state index contributed by atoms with van der Waals surface area (Å²) in [7, 11) is 0. The topological polar surface area (TPSA) is 84.7 Å². The van der Waals surface area contributed by atoms with Crippen LogP contribution in [0.1, 0.15) is 23.2 Å². The summed E-state index contributed by atoms with van der Waals surface area (Å²) in [5, 5.41) is 11.9. The van der Waals surface area contributed by atoms with Crippen molar-refractivity contribution in [3.63, 3.8) is 0 Å². The molecule has 0 spiro atoms. The van der Waals surface area contributed by atoms with Crippen LogP contribution in [0, 0.1) is 0 Å². The standard InChI is InChI=1S/C21H17ClN6O/c22-17-9-6-13(21(29)26-14-7-8-14)10-18(17)27-19-16-11-25-28(20(16)24-12-23-19)15-4-2-1-3-5-15/h1-6,9-12,14H,7-8H2,(H,26,29)(H,23,24,27). The molecule has 0 saturated heterocycles. The van der Waals surface area contributed by atoms with E-state index in [9.17, 15) is 4.79 Å². The van der Waals surface area contributed by atoms with E-state index >= 15 is 0 Å². The number of halogens is 1. The maximum absolute atomic E-state index is 12.4. The molecule has 0 bridgehead atoms. The lowest BCUT2D eigenvalue weighted by Crippen LogP contribution is -2.25. The van der Waals surface area contributed by atoms with Gasteiger partial charge in [-0.3, -0.25) is 4.79 Å². The van der Waals surface area contributed by atoms with Crippen LogP contribution in [0.15, 0.2) is 61.1 Å². The predicted octanol–water partition coefficient (Wildman–Crippen LogP) is 4.10. The lowest BCUT2D eigenvalue weighted by molar-refractivity contribution is 0.0951. The quantitative estimate of drug-likeness (QED) is 0.523. The van der Waals surface area contributed by atoms with Gasteiger partial charge in [-0.15, -0.1) is 0 Å². The smallest absolute Gasteiger partial charge is 0.251 e. The molecule has 1 amide bonds. The molecule has 1 saturated carbocycles. The first-order valence-electron chi connectivity index (χ1n) is 9.30. The number of anilines is 2. The van der Waals surface area contributed by atoms with E-state index in [4.69, 9.17) is 11.6 Å². The average Bonchev–Trinajstić information content (AvgIpc) is 3.45. The van der Waals surface area contributed by atoms with Gasteiger partial charge in [0.15, 0.2) is 5.65 Å². The summed E-state index contributed by atoms with van der Waals surface area (Å²) in [6.07, 6.45) is 5.26. The molecular weight excluding hydrogens is 388 g/mol. The molecule has 7 nitrogen and oxygen atoms in total. The summed E-state index contributed by atoms with van der Waals surface area (Å²) in [4.78, 5) is 21.1. The minimum Gasteiger partial charge on any atom is -0.349 e. The van der Waals surface area contributed by atoms with Crippen molar-refractivity contribution in [3.05, 3.63) is 71.6 Å². The number of carbonyl (C=O) groups excluding carboxylic acids is 1. The zero-order valence-corrected chi connectivity index (χ0v) is 16.1. The highest BCUT2D eigenvalue weighted by Crippen LogP contribution is 2.30. The zero-order chi connectivity index (χ0) is 19.8. The lowest BCUT2D eigenvalue weighted by atomic mass is 10.2. The third kappa shape index (κ3) is 3.52. The Morgan fingerprint density at radius 1 is 1.10 bits per heavy atom. The average molecular weight is 405 g/mol. The van der Waals surface area contributed by atoms with Crippen LogP contribution < -0.4 is 10.6 Å². The van der Waals surface area contributed by atoms with Gasteiger partial charge in [0.2, 0.25) is 0 Å². The molecule has 5 rings (SSSR count). The Labute approximate surface area is 171 Å². The minimum atomic E-state index is -0.100. The molecule has 0 unspecified atom stereocenters. The molecule has 4 aromatic rings. The highest BCUT2D eigenvalue weighted by atomic mass is 35.5. The van der Waals surface area contributed by atoms with Gasteiger partial charge in [0.25, 0.3) is 5.91 Å². The van der Waals surface area contributed by atoms with E-state index in [1.807, 2.05) is 30.3 Å². The fourth-order valence-corrected chi connectivity index (χ4v) is 3.25. The maximum Gasteiger partial charge on any atom is 0.251 e. The van der Waals surface area contributed by atoms with E-state index < -0.39 is 0 Å². The monoisotopic (exact) mass is 404 g/mol. The van der Waals surface area contributed by atoms with Crippen molar-refractivity contribution in [2.24, 2.45) is 0 Å². The molecule has 1 aliphatic rings. The number of amides is 1. The van der Waals surface area contributed by atoms with Crippen molar-refractivity contribution in [2.75, 3.05) is 5.32 Å². The molecule has 2 aromatic carbocycles. The first-order chi connectivity index (χ1) is 14.2. The summed E-state index contributed by atoms with van der Waals surface area (Å²) in [5.74, 6) is 0.468. The predicted molar refractivity (Wildman–Crippen MR) is 112 cm³/mol. The largest absolute Gasteiger partial charge is 0.349 e. The number of benzene rings is 2. The van der Waals surface area contributed by atoms with Gasteiger partial charge in [-0.2, -0.15) is 5.10 Å². The fraction of sp³-hybridized carbons (Fsp3) is 0.143. The molecule has 1 fully saturated rings. The van der Waals surface area contributed by atoms with Crippen LogP contribution in [0.2, 0.25) is 5.02 Å². The van der Waals surface area contributed by atoms with Crippen molar-refractivity contribution >= 4 is 40.0 Å². The molecule has 2 heterocycles. The highest BCUT2D eigenvalue weighted by Gasteiger charge is 2.24. The molecule has 0 atom stereocenters. The third-order valence-electron chi connectivity index (χ3n) is 4.76. The van der Waals surface area contributed by atoms with E-state index in [0.717, 1.165) is 23.9 Å². The molecule has 0 aliphatic heterocycles. The van der Waals surface area contributed by atoms with Crippen LogP contribution in [0.4, 0.5) is 11.5 Å². The van der Waals surface area contributed by atoms with E-state index in [-0.39, 0.29) is 5.91 Å². The Hall–Kier alpha value is -3.45. The van der Waals surface area contributed by atoms with Gasteiger partial charge < -0.3 is 10.6 Å². The number of hydrogen-bond acceptors (Lipinski definition) is 5. The second-order valence-corrected chi connectivity index (χ2v) is 7.33. The normalized spacial score (nSPS) is 13.4. The molecule has 29 heavy (non-hydrogen) atoms. The van der Waals surface area contributed by atoms with Crippen molar-refractivity contribution in [2.45, 2.75) is 18.9 Å². The number of aromatic nitrogens is 4. The number of carbonyl (C=O) groups is 1. The molecule has 2 N–H and O–H groups in total. The second-order valence-electron chi connectivity index (χ2n) is 6.92. The van der Waals surface area contributed by atoms with Gasteiger partial charge in [-0.05, 0) is 43.2 Å². The Morgan fingerprint density at radius 3 is 2.72 bits per heavy atom. The first-order valence-corrected chi connectivity index (χ1v) is 9.68. The number of hydrogen-bond donors (Lipinski definition) is 2. The van der Waals surface area contributed by atoms with Crippen molar-refractivity contribution in [3.8, 4) is 5.69 Å². The van der Waals surface area contributed by atoms with Crippen LogP contribution in [-0.2, 0) is 0 Å². The van der Waals surface area contributed by atoms with Crippen LogP contribution in [0.25, 0.3) is 16.7 Å². The lowest BCUT2D eigenvalue weighted by Gasteiger charge is -2.11. The number of fused-ring (bicyclic) bond motifs is 1. The van der Waals surface area contributed by atoms with Crippen LogP contribution in [0.5, 0.6) is 0 Å². The summed E-state index contributed by atoms with van der Waals surface area (Å²) >= 11 is 6.36. The van der Waals surface area contributed by atoms with Crippen molar-refractivity contribution in [1.29, 1.82) is 0 Å². The summed E-state index contributed by atoms with van der Waals surface area (Å²) in [5.41, 5.74) is 2.73. The fourth-order valence-electron chi connectivity index (χ4n) is 3.09. The Kier molecular flexibility index (Phi) is 4.37. The van der Waals surface area contributed by atoms with Gasteiger partial charge >= 0.3 is 0 Å². The Bertz CT molecular complexity index is 1200. The van der Waals surface area contributed by atoms with Crippen molar-refractivity contribution < 1.29 is 4.79 Å². The summed E-state index contributed by atoms with van der Waals surface area (Å²) < 4.78 is 1.75. The first kappa shape index (κ1) is 17.6. The number of rotatable bonds is 5. The van der Waals surface area contributed by atoms with Gasteiger partial charge in [0.05, 0.1) is 28.0 Å². The molecule has 8 heteroatoms. The van der Waals surface area contributed by atoms with Gasteiger partial charge in [-0.1, -0.05) is 29.8 Å². The SMILES string of the molecule is O=C(NC1CC1)c1ccc(Cl)c(Nc2ncnc3c2cnn3-c2ccccc2)c1. The Morgan fingerprint density at radius 2 is 1.93 bits per heavy atom. The van der Waals surface area contributed by atoms with Crippen LogP contribution in [-0.4, -0.2) is 31.7 Å². The van der Waals surface area contributed by atoms with E-state index in [1.54, 1.807) is 29.1 Å². The van der Waals surface area contributed by atoms with Gasteiger partial charge in [0, 0.05) is 11.6 Å². The van der Waals surface area contributed by atoms with E-state index in [2.05, 4.69) is 25.7 Å². The molecule has 2 aromatic heterocycles. The van der Waals surface area contributed by atoms with E-state index in [1.165, 1.54) is 6.33 Å². The Balaban J connectivity index is 1.49. The van der Waals surface area contributed by atoms with Crippen LogP contribution >= 0.6 is 11.6 Å². The summed E-state index contributed by atoms with van der Waals surface area (Å²) in [6, 6.07) is 15.2. The van der Waals surface area contributed by atoms with Gasteiger partial charge in [-0.25, -0.2) is 14.6 Å². The number of nitrogens with one attached hydrogen (secondary N) is 2. The minimum absolute atomic E-state index is 0.100. The zero-order valence-electron chi connectivity index (χ0n) is 15.3. The molecule has 144 valence electrons. The molecule has 1 aliphatic carbocycles. The second kappa shape index (κ2) is 7.18. The maximum atomic E-state index is 12.4.